The summed E-state index contributed by atoms with van der Waals surface area (Å²) in [4.78, 5) is 56.5. The number of pyridine rings is 3. The maximum atomic E-state index is 13.3. The average molecular weight is 581 g/mol. The molecule has 0 saturated carbocycles. The van der Waals surface area contributed by atoms with Crippen molar-refractivity contribution in [3.05, 3.63) is 82.3 Å². The zero-order valence-electron chi connectivity index (χ0n) is 23.8. The molecule has 7 heterocycles. The molecule has 2 saturated heterocycles. The molecule has 4 aromatic rings. The van der Waals surface area contributed by atoms with Crippen molar-refractivity contribution in [2.24, 2.45) is 0 Å². The van der Waals surface area contributed by atoms with Crippen LogP contribution in [0, 0.1) is 6.92 Å². The number of aldehydes is 1. The standard InChI is InChI=1S/C31H32N8O4/c1-20-2-4-27-31(42)39(13-12-38(20)27)29-25(17-40)24(6-7-32-29)21-14-26(30(41)34-15-21)35-28-5-3-22(16-33-28)36-8-10-37(11-9-36)23-18-43-19-23/h2-7,14-17,23H,8-13,18-19H2,1H3,(H,33,35)(H,34,41). The molecule has 3 aliphatic rings. The fraction of sp³-hybridized carbons (Fsp3) is 0.323. The highest BCUT2D eigenvalue weighted by molar-refractivity contribution is 6.08. The lowest BCUT2D eigenvalue weighted by Gasteiger charge is -2.43. The second-order valence-electron chi connectivity index (χ2n) is 11.1. The van der Waals surface area contributed by atoms with Crippen LogP contribution in [0.1, 0.15) is 26.5 Å². The summed E-state index contributed by atoms with van der Waals surface area (Å²) in [5.74, 6) is 0.614. The van der Waals surface area contributed by atoms with Gasteiger partial charge in [0.1, 0.15) is 23.0 Å². The minimum atomic E-state index is -0.324. The van der Waals surface area contributed by atoms with Crippen LogP contribution in [0.4, 0.5) is 23.0 Å². The fourth-order valence-corrected chi connectivity index (χ4v) is 6.04. The number of aryl methyl sites for hydroxylation is 1. The quantitative estimate of drug-likeness (QED) is 0.317. The Bertz CT molecular complexity index is 1740. The predicted octanol–water partition coefficient (Wildman–Crippen LogP) is 2.68. The monoisotopic (exact) mass is 580 g/mol. The highest BCUT2D eigenvalue weighted by Crippen LogP contribution is 2.31. The summed E-state index contributed by atoms with van der Waals surface area (Å²) in [7, 11) is 0. The van der Waals surface area contributed by atoms with Gasteiger partial charge in [0.2, 0.25) is 0 Å². The van der Waals surface area contributed by atoms with E-state index < -0.39 is 0 Å². The van der Waals surface area contributed by atoms with E-state index in [0.29, 0.717) is 53.9 Å². The molecule has 2 N–H and O–H groups in total. The maximum absolute atomic E-state index is 13.3. The Morgan fingerprint density at radius 2 is 1.84 bits per heavy atom. The Morgan fingerprint density at radius 1 is 1.00 bits per heavy atom. The van der Waals surface area contributed by atoms with Crippen molar-refractivity contribution >= 4 is 35.2 Å². The summed E-state index contributed by atoms with van der Waals surface area (Å²) >= 11 is 0. The van der Waals surface area contributed by atoms with E-state index >= 15 is 0 Å². The van der Waals surface area contributed by atoms with Gasteiger partial charge in [-0.2, -0.15) is 0 Å². The second-order valence-corrected chi connectivity index (χ2v) is 11.1. The Labute approximate surface area is 247 Å². The van der Waals surface area contributed by atoms with E-state index in [1.807, 2.05) is 35.9 Å². The minimum Gasteiger partial charge on any atom is -0.378 e. The van der Waals surface area contributed by atoms with Crippen molar-refractivity contribution < 1.29 is 14.3 Å². The van der Waals surface area contributed by atoms with Crippen LogP contribution < -0.4 is 20.7 Å². The first-order chi connectivity index (χ1) is 21.0. The molecule has 220 valence electrons. The third kappa shape index (κ3) is 4.98. The molecular formula is C31H32N8O4. The molecule has 0 unspecified atom stereocenters. The molecule has 0 atom stereocenters. The van der Waals surface area contributed by atoms with Crippen LogP contribution in [-0.4, -0.2) is 88.6 Å². The van der Waals surface area contributed by atoms with Gasteiger partial charge in [-0.15, -0.1) is 0 Å². The Hall–Kier alpha value is -4.81. The normalized spacial score (nSPS) is 17.5. The van der Waals surface area contributed by atoms with Crippen molar-refractivity contribution in [3.63, 3.8) is 0 Å². The van der Waals surface area contributed by atoms with Crippen molar-refractivity contribution in [1.29, 1.82) is 0 Å². The molecular weight excluding hydrogens is 548 g/mol. The van der Waals surface area contributed by atoms with Crippen LogP contribution in [0.15, 0.2) is 59.8 Å². The highest BCUT2D eigenvalue weighted by Gasteiger charge is 2.30. The van der Waals surface area contributed by atoms with Crippen LogP contribution in [0.3, 0.4) is 0 Å². The van der Waals surface area contributed by atoms with Gasteiger partial charge in [-0.25, -0.2) is 9.97 Å². The molecule has 43 heavy (non-hydrogen) atoms. The number of nitrogens with one attached hydrogen (secondary N) is 2. The fourth-order valence-electron chi connectivity index (χ4n) is 6.04. The third-order valence-electron chi connectivity index (χ3n) is 8.59. The number of hydrogen-bond acceptors (Lipinski definition) is 9. The smallest absolute Gasteiger partial charge is 0.276 e. The second kappa shape index (κ2) is 11.1. The predicted molar refractivity (Wildman–Crippen MR) is 162 cm³/mol. The van der Waals surface area contributed by atoms with Crippen LogP contribution in [0.5, 0.6) is 0 Å². The summed E-state index contributed by atoms with van der Waals surface area (Å²) in [5, 5.41) is 3.12. The first-order valence-electron chi connectivity index (χ1n) is 14.5. The lowest BCUT2D eigenvalue weighted by molar-refractivity contribution is -0.0660. The lowest BCUT2D eigenvalue weighted by Crippen LogP contribution is -2.56. The molecule has 0 radical (unpaired) electrons. The number of amides is 1. The van der Waals surface area contributed by atoms with E-state index in [-0.39, 0.29) is 22.7 Å². The summed E-state index contributed by atoms with van der Waals surface area (Å²) in [5.41, 5.74) is 4.00. The van der Waals surface area contributed by atoms with Crippen LogP contribution in [0.2, 0.25) is 0 Å². The van der Waals surface area contributed by atoms with Gasteiger partial charge in [0.05, 0.1) is 36.7 Å². The van der Waals surface area contributed by atoms with Crippen molar-refractivity contribution in [1.82, 2.24) is 24.4 Å². The van der Waals surface area contributed by atoms with E-state index in [1.165, 1.54) is 0 Å². The summed E-state index contributed by atoms with van der Waals surface area (Å²) in [6.45, 7) is 8.46. The van der Waals surface area contributed by atoms with Gasteiger partial charge in [0, 0.05) is 62.9 Å². The topological polar surface area (TPSA) is 129 Å². The number of carbonyl (C=O) groups is 2. The van der Waals surface area contributed by atoms with Crippen LogP contribution >= 0.6 is 0 Å². The molecule has 0 bridgehead atoms. The van der Waals surface area contributed by atoms with E-state index in [4.69, 9.17) is 4.74 Å². The molecule has 2 fully saturated rings. The summed E-state index contributed by atoms with van der Waals surface area (Å²) in [6, 6.07) is 11.5. The van der Waals surface area contributed by atoms with Crippen molar-refractivity contribution in [2.45, 2.75) is 19.5 Å². The maximum Gasteiger partial charge on any atom is 0.276 e. The van der Waals surface area contributed by atoms with E-state index in [1.54, 1.807) is 35.5 Å². The number of rotatable bonds is 7. The van der Waals surface area contributed by atoms with E-state index in [9.17, 15) is 14.4 Å². The molecule has 0 spiro atoms. The number of H-pyrrole nitrogens is 1. The molecule has 3 aliphatic heterocycles. The number of carbonyl (C=O) groups excluding carboxylic acids is 2. The molecule has 0 aromatic carbocycles. The number of anilines is 4. The molecule has 12 heteroatoms. The Kier molecular flexibility index (Phi) is 6.99. The van der Waals surface area contributed by atoms with Gasteiger partial charge in [-0.05, 0) is 48.9 Å². The van der Waals surface area contributed by atoms with Crippen LogP contribution in [0.25, 0.3) is 11.1 Å². The number of nitrogens with zero attached hydrogens (tertiary/aromatic N) is 6. The molecule has 0 aliphatic carbocycles. The summed E-state index contributed by atoms with van der Waals surface area (Å²) in [6.07, 6.45) is 5.65. The number of aromatic nitrogens is 4. The molecule has 4 aromatic heterocycles. The van der Waals surface area contributed by atoms with Crippen molar-refractivity contribution in [2.75, 3.05) is 61.1 Å². The molecule has 7 rings (SSSR count). The average Bonchev–Trinajstić information content (AvgIpc) is 3.39. The van der Waals surface area contributed by atoms with Crippen LogP contribution in [-0.2, 0) is 11.3 Å². The van der Waals surface area contributed by atoms with Gasteiger partial charge >= 0.3 is 0 Å². The number of fused-ring (bicyclic) bond motifs is 1. The van der Waals surface area contributed by atoms with Gasteiger partial charge in [-0.3, -0.25) is 24.2 Å². The number of hydrogen-bond donors (Lipinski definition) is 2. The zero-order chi connectivity index (χ0) is 29.5. The highest BCUT2D eigenvalue weighted by atomic mass is 16.5. The van der Waals surface area contributed by atoms with Crippen molar-refractivity contribution in [3.8, 4) is 11.1 Å². The Morgan fingerprint density at radius 3 is 2.56 bits per heavy atom. The summed E-state index contributed by atoms with van der Waals surface area (Å²) < 4.78 is 7.30. The number of aromatic amines is 1. The van der Waals surface area contributed by atoms with E-state index in [2.05, 4.69) is 30.1 Å². The SMILES string of the molecule is Cc1ccc2n1CCN(c1nccc(-c3c[nH]c(=O)c(Nc4ccc(N5CCN(C6COC6)CC5)cn4)c3)c1C=O)C2=O. The lowest BCUT2D eigenvalue weighted by atomic mass is 10.0. The van der Waals surface area contributed by atoms with Gasteiger partial charge in [-0.1, -0.05) is 0 Å². The first-order valence-corrected chi connectivity index (χ1v) is 14.5. The minimum absolute atomic E-state index is 0.208. The largest absolute Gasteiger partial charge is 0.378 e. The number of ether oxygens (including phenoxy) is 1. The van der Waals surface area contributed by atoms with Gasteiger partial charge in [0.15, 0.2) is 6.29 Å². The molecule has 1 amide bonds. The van der Waals surface area contributed by atoms with Gasteiger partial charge < -0.3 is 24.5 Å². The zero-order valence-corrected chi connectivity index (χ0v) is 23.8. The molecule has 12 nitrogen and oxygen atoms in total. The Balaban J connectivity index is 1.10. The third-order valence-corrected chi connectivity index (χ3v) is 8.59. The first kappa shape index (κ1) is 27.0. The van der Waals surface area contributed by atoms with Gasteiger partial charge in [0.25, 0.3) is 11.5 Å². The number of piperazine rings is 1. The van der Waals surface area contributed by atoms with E-state index in [0.717, 1.165) is 50.8 Å².